The first-order valence-corrected chi connectivity index (χ1v) is 9.32. The maximum atomic E-state index is 9.28. The van der Waals surface area contributed by atoms with Crippen molar-refractivity contribution in [2.75, 3.05) is 0 Å². The highest BCUT2D eigenvalue weighted by atomic mass is 32.1. The van der Waals surface area contributed by atoms with Crippen LogP contribution in [0.1, 0.15) is 10.4 Å². The van der Waals surface area contributed by atoms with Crippen LogP contribution in [0.25, 0.3) is 22.0 Å². The van der Waals surface area contributed by atoms with E-state index in [0.29, 0.717) is 29.4 Å². The molecule has 0 aliphatic heterocycles. The molecule has 0 unspecified atom stereocenters. The zero-order valence-electron chi connectivity index (χ0n) is 15.0. The predicted octanol–water partition coefficient (Wildman–Crippen LogP) is 3.73. The van der Waals surface area contributed by atoms with Crippen LogP contribution >= 0.6 is 11.3 Å². The van der Waals surface area contributed by atoms with Gasteiger partial charge in [0.15, 0.2) is 0 Å². The van der Waals surface area contributed by atoms with E-state index in [4.69, 9.17) is 10.5 Å². The molecule has 0 fully saturated rings. The Kier molecular flexibility index (Phi) is 4.85. The molecular formula is C20H16N6OS. The SMILES string of the molecule is Cn1nc(-c2ccccn2)cc1Oc1cc(C#N)ccc1-c1ncc(CN)s1. The van der Waals surface area contributed by atoms with E-state index in [1.165, 1.54) is 11.3 Å². The molecule has 0 aliphatic carbocycles. The lowest BCUT2D eigenvalue weighted by molar-refractivity contribution is 0.432. The lowest BCUT2D eigenvalue weighted by Crippen LogP contribution is -1.97. The number of aryl methyl sites for hydroxylation is 1. The summed E-state index contributed by atoms with van der Waals surface area (Å²) in [6, 6.07) is 14.9. The van der Waals surface area contributed by atoms with Crippen molar-refractivity contribution in [1.82, 2.24) is 19.7 Å². The highest BCUT2D eigenvalue weighted by Crippen LogP contribution is 2.37. The molecule has 0 radical (unpaired) electrons. The van der Waals surface area contributed by atoms with Crippen molar-refractivity contribution in [3.05, 3.63) is 65.3 Å². The molecule has 0 saturated carbocycles. The number of nitrogens with two attached hydrogens (primary N) is 1. The molecule has 1 aromatic carbocycles. The van der Waals surface area contributed by atoms with Gasteiger partial charge < -0.3 is 10.5 Å². The van der Waals surface area contributed by atoms with Crippen LogP contribution < -0.4 is 10.5 Å². The molecule has 2 N–H and O–H groups in total. The number of hydrogen-bond donors (Lipinski definition) is 1. The van der Waals surface area contributed by atoms with Crippen molar-refractivity contribution in [2.45, 2.75) is 6.54 Å². The molecule has 0 aliphatic rings. The van der Waals surface area contributed by atoms with E-state index in [-0.39, 0.29) is 0 Å². The lowest BCUT2D eigenvalue weighted by Gasteiger charge is -2.10. The third-order valence-corrected chi connectivity index (χ3v) is 5.13. The van der Waals surface area contributed by atoms with Crippen LogP contribution in [0, 0.1) is 11.3 Å². The second-order valence-corrected chi connectivity index (χ2v) is 7.08. The first-order valence-electron chi connectivity index (χ1n) is 8.50. The third kappa shape index (κ3) is 3.49. The number of aromatic nitrogens is 4. The largest absolute Gasteiger partial charge is 0.439 e. The Labute approximate surface area is 165 Å². The summed E-state index contributed by atoms with van der Waals surface area (Å²) in [6.07, 6.45) is 3.47. The zero-order valence-corrected chi connectivity index (χ0v) is 15.8. The van der Waals surface area contributed by atoms with Gasteiger partial charge in [-0.05, 0) is 30.3 Å². The quantitative estimate of drug-likeness (QED) is 0.559. The van der Waals surface area contributed by atoms with Gasteiger partial charge in [0.25, 0.3) is 0 Å². The fourth-order valence-electron chi connectivity index (χ4n) is 2.68. The second-order valence-electron chi connectivity index (χ2n) is 5.97. The summed E-state index contributed by atoms with van der Waals surface area (Å²) in [6.45, 7) is 0.430. The van der Waals surface area contributed by atoms with Crippen molar-refractivity contribution in [2.24, 2.45) is 12.8 Å². The first-order chi connectivity index (χ1) is 13.7. The second kappa shape index (κ2) is 7.60. The smallest absolute Gasteiger partial charge is 0.218 e. The molecule has 0 saturated heterocycles. The van der Waals surface area contributed by atoms with Crippen LogP contribution in [0.3, 0.4) is 0 Å². The van der Waals surface area contributed by atoms with Crippen LogP contribution in [0.2, 0.25) is 0 Å². The highest BCUT2D eigenvalue weighted by molar-refractivity contribution is 7.15. The number of pyridine rings is 1. The molecule has 0 spiro atoms. The number of thiazole rings is 1. The van der Waals surface area contributed by atoms with E-state index >= 15 is 0 Å². The Morgan fingerprint density at radius 2 is 2.07 bits per heavy atom. The molecular weight excluding hydrogens is 372 g/mol. The minimum Gasteiger partial charge on any atom is -0.439 e. The number of rotatable bonds is 5. The molecule has 0 atom stereocenters. The average molecular weight is 388 g/mol. The van der Waals surface area contributed by atoms with Crippen molar-refractivity contribution >= 4 is 11.3 Å². The zero-order chi connectivity index (χ0) is 19.5. The fraction of sp³-hybridized carbons (Fsp3) is 0.100. The maximum absolute atomic E-state index is 9.28. The number of benzene rings is 1. The van der Waals surface area contributed by atoms with Crippen LogP contribution in [-0.2, 0) is 13.6 Å². The summed E-state index contributed by atoms with van der Waals surface area (Å²) in [7, 11) is 1.80. The molecule has 4 aromatic rings. The van der Waals surface area contributed by atoms with Gasteiger partial charge in [-0.25, -0.2) is 9.67 Å². The van der Waals surface area contributed by atoms with Gasteiger partial charge in [-0.3, -0.25) is 4.98 Å². The first kappa shape index (κ1) is 17.9. The summed E-state index contributed by atoms with van der Waals surface area (Å²) in [5.41, 5.74) is 8.46. The highest BCUT2D eigenvalue weighted by Gasteiger charge is 2.16. The van der Waals surface area contributed by atoms with Gasteiger partial charge in [-0.15, -0.1) is 11.3 Å². The van der Waals surface area contributed by atoms with E-state index in [1.54, 1.807) is 36.3 Å². The van der Waals surface area contributed by atoms with E-state index < -0.39 is 0 Å². The summed E-state index contributed by atoms with van der Waals surface area (Å²) < 4.78 is 7.78. The molecule has 7 nitrogen and oxygen atoms in total. The Morgan fingerprint density at radius 3 is 2.79 bits per heavy atom. The Hall–Kier alpha value is -3.54. The predicted molar refractivity (Wildman–Crippen MR) is 107 cm³/mol. The van der Waals surface area contributed by atoms with Crippen molar-refractivity contribution in [3.8, 4) is 39.7 Å². The Bertz CT molecular complexity index is 1160. The average Bonchev–Trinajstić information content (AvgIpc) is 3.35. The topological polar surface area (TPSA) is 103 Å². The Balaban J connectivity index is 1.73. The monoisotopic (exact) mass is 388 g/mol. The maximum Gasteiger partial charge on any atom is 0.218 e. The molecule has 28 heavy (non-hydrogen) atoms. The minimum absolute atomic E-state index is 0.430. The summed E-state index contributed by atoms with van der Waals surface area (Å²) in [5, 5.41) is 14.5. The van der Waals surface area contributed by atoms with Crippen molar-refractivity contribution in [1.29, 1.82) is 5.26 Å². The van der Waals surface area contributed by atoms with Crippen LogP contribution in [0.5, 0.6) is 11.6 Å². The van der Waals surface area contributed by atoms with Crippen molar-refractivity contribution in [3.63, 3.8) is 0 Å². The van der Waals surface area contributed by atoms with Gasteiger partial charge >= 0.3 is 0 Å². The van der Waals surface area contributed by atoms with Gasteiger partial charge in [-0.2, -0.15) is 10.4 Å². The van der Waals surface area contributed by atoms with E-state index in [9.17, 15) is 5.26 Å². The lowest BCUT2D eigenvalue weighted by atomic mass is 10.1. The number of hydrogen-bond acceptors (Lipinski definition) is 7. The standard InChI is InChI=1S/C20H16N6OS/c1-26-19(9-17(25-26)16-4-2-3-7-23-16)27-18-8-13(10-21)5-6-15(18)20-24-12-14(11-22)28-20/h2-9,12H,11,22H2,1H3. The summed E-state index contributed by atoms with van der Waals surface area (Å²) in [4.78, 5) is 9.73. The number of nitriles is 1. The normalized spacial score (nSPS) is 10.6. The third-order valence-electron chi connectivity index (χ3n) is 4.07. The van der Waals surface area contributed by atoms with Crippen LogP contribution in [0.15, 0.2) is 54.9 Å². The molecule has 138 valence electrons. The van der Waals surface area contributed by atoms with Gasteiger partial charge in [0.2, 0.25) is 5.88 Å². The molecule has 3 heterocycles. The number of ether oxygens (including phenoxy) is 1. The summed E-state index contributed by atoms with van der Waals surface area (Å²) >= 11 is 1.50. The van der Waals surface area contributed by atoms with Gasteiger partial charge in [-0.1, -0.05) is 6.07 Å². The number of nitrogens with zero attached hydrogens (tertiary/aromatic N) is 5. The molecule has 4 rings (SSSR count). The minimum atomic E-state index is 0.430. The molecule has 8 heteroatoms. The van der Waals surface area contributed by atoms with Crippen LogP contribution in [-0.4, -0.2) is 19.7 Å². The van der Waals surface area contributed by atoms with Gasteiger partial charge in [0.1, 0.15) is 16.5 Å². The molecule has 0 amide bonds. The van der Waals surface area contributed by atoms with E-state index in [1.807, 2.05) is 30.3 Å². The fourth-order valence-corrected chi connectivity index (χ4v) is 3.50. The molecule has 3 aromatic heterocycles. The Morgan fingerprint density at radius 1 is 1.18 bits per heavy atom. The van der Waals surface area contributed by atoms with Crippen molar-refractivity contribution < 1.29 is 4.74 Å². The van der Waals surface area contributed by atoms with Gasteiger partial charge in [0, 0.05) is 36.9 Å². The van der Waals surface area contributed by atoms with Gasteiger partial charge in [0.05, 0.1) is 22.9 Å². The van der Waals surface area contributed by atoms with E-state index in [2.05, 4.69) is 21.1 Å². The summed E-state index contributed by atoms with van der Waals surface area (Å²) in [5.74, 6) is 1.07. The van der Waals surface area contributed by atoms with E-state index in [0.717, 1.165) is 21.1 Å². The molecule has 0 bridgehead atoms. The van der Waals surface area contributed by atoms with Crippen LogP contribution in [0.4, 0.5) is 0 Å².